The first-order valence-corrected chi connectivity index (χ1v) is 33.4. The van der Waals surface area contributed by atoms with Crippen LogP contribution in [0.5, 0.6) is 0 Å². The van der Waals surface area contributed by atoms with Crippen molar-refractivity contribution in [2.75, 3.05) is 39.6 Å². The first kappa shape index (κ1) is 89.5. The van der Waals surface area contributed by atoms with E-state index in [1.54, 1.807) is 0 Å². The van der Waals surface area contributed by atoms with Crippen molar-refractivity contribution in [1.29, 1.82) is 0 Å². The van der Waals surface area contributed by atoms with E-state index in [0.717, 1.165) is 111 Å². The summed E-state index contributed by atoms with van der Waals surface area (Å²) < 4.78 is 155. The van der Waals surface area contributed by atoms with Crippen molar-refractivity contribution < 1.29 is 200 Å². The van der Waals surface area contributed by atoms with Gasteiger partial charge in [-0.25, -0.2) is 0 Å². The number of carbonyl (C=O) groups excluding carboxylic acids is 16. The molecule has 0 aromatic heterocycles. The average Bonchev–Trinajstić information content (AvgIpc) is 0.759. The number of rotatable bonds is 33. The highest BCUT2D eigenvalue weighted by atomic mass is 16.8. The SMILES string of the molecule is C=CCCO[C@@H]1O[C@H](COC(C)=O)[C@@H](OC(C)=O)[C@H](O[C@@H]2O[C@H](COC(C)=O)[C@@H](OC(C)=O)[C@H](O[C@@H]3O[C@H](COC(C)=O)[C@@H](OC(C)=O)[C@H](O[C@@H]4O[C@H](COC(C)=O)[C@@H](OC(C)=O)[C@H](O[C@@H]5O[C@H](COC(C)=O)[C@@H](OC(C)=O)[C@H](OC(C)=O)[C@H]5OC(C)=O)[C@H]4OC(C)=O)[C@H]3OC(C)=O)[C@H]2OC(C)=O)[C@H]1OC(C)=O. The summed E-state index contributed by atoms with van der Waals surface area (Å²) in [5, 5.41) is 0. The highest BCUT2D eigenvalue weighted by Crippen LogP contribution is 2.42. The molecule has 5 aliphatic heterocycles. The molecule has 5 fully saturated rings. The Balaban J connectivity index is 1.87. The van der Waals surface area contributed by atoms with Crippen molar-refractivity contribution in [1.82, 2.24) is 0 Å². The van der Waals surface area contributed by atoms with Gasteiger partial charge < -0.3 is 123 Å². The predicted octanol–water partition coefficient (Wildman–Crippen LogP) is -1.19. The molecule has 42 heteroatoms. The van der Waals surface area contributed by atoms with Gasteiger partial charge in [-0.3, -0.25) is 76.7 Å². The fourth-order valence-electron chi connectivity index (χ4n) is 11.7. The average molecular weight is 1560 g/mol. The van der Waals surface area contributed by atoms with Crippen LogP contribution in [0.25, 0.3) is 0 Å². The largest absolute Gasteiger partial charge is 0.463 e. The minimum atomic E-state index is -2.45. The fraction of sp³-hybridized carbons (Fsp3) is 0.727. The van der Waals surface area contributed by atoms with Crippen LogP contribution in [0, 0.1) is 0 Å². The molecule has 0 aromatic carbocycles. The summed E-state index contributed by atoms with van der Waals surface area (Å²) in [5.74, 6) is -17.5. The molecule has 5 saturated heterocycles. The van der Waals surface area contributed by atoms with Gasteiger partial charge in [0.25, 0.3) is 0 Å². The van der Waals surface area contributed by atoms with Crippen molar-refractivity contribution in [2.45, 2.75) is 271 Å². The summed E-state index contributed by atoms with van der Waals surface area (Å²) in [6.45, 7) is 13.6. The Morgan fingerprint density at radius 2 is 0.398 bits per heavy atom. The molecule has 25 atom stereocenters. The Bertz CT molecular complexity index is 3220. The molecule has 0 unspecified atom stereocenters. The second-order valence-corrected chi connectivity index (χ2v) is 24.4. The quantitative estimate of drug-likeness (QED) is 0.0323. The van der Waals surface area contributed by atoms with Crippen LogP contribution in [0.2, 0.25) is 0 Å². The second-order valence-electron chi connectivity index (χ2n) is 24.4. The molecule has 0 N–H and O–H groups in total. The standard InChI is InChI=1S/C66H90O42/c1-18-19-20-83-62-57(95-37(13)78)53(48(90-32(8)73)42(100-62)21-84-26(2)67)105-64-59(97-39(15)80)55(50(92-34(10)75)44(102-64)23-86-28(4)69)107-66-61(99-41(17)82)56(51(93-35(11)76)46(104-66)25-88-30(6)71)108-65-60(98-40(16)81)54(49(91-33(9)74)45(103-65)24-87-29(5)70)106-63-58(96-38(14)79)52(94-36(12)77)47(89-31(7)72)43(101-63)22-85-27(3)68/h18,42-66H,1,19-25H2,2-17H3/t42-,43-,44-,45-,46-,47-,48-,49-,50-,51-,52+,53+,54+,55+,56+,57-,58-,59-,60-,61-,62-,63+,64+,65+,66+/m1/s1. The second kappa shape index (κ2) is 42.0. The lowest BCUT2D eigenvalue weighted by Gasteiger charge is -2.52. The highest BCUT2D eigenvalue weighted by molar-refractivity contribution is 5.72. The van der Waals surface area contributed by atoms with Gasteiger partial charge >= 0.3 is 95.5 Å². The normalized spacial score (nSPS) is 32.1. The molecular formula is C66H90O42. The van der Waals surface area contributed by atoms with E-state index in [4.69, 9.17) is 123 Å². The maximum Gasteiger partial charge on any atom is 0.303 e. The predicted molar refractivity (Wildman–Crippen MR) is 338 cm³/mol. The zero-order valence-corrected chi connectivity index (χ0v) is 61.8. The lowest BCUT2D eigenvalue weighted by molar-refractivity contribution is -0.395. The lowest BCUT2D eigenvalue weighted by Crippen LogP contribution is -2.70. The summed E-state index contributed by atoms with van der Waals surface area (Å²) in [7, 11) is 0. The Morgan fingerprint density at radius 1 is 0.231 bits per heavy atom. The fourth-order valence-corrected chi connectivity index (χ4v) is 11.7. The van der Waals surface area contributed by atoms with Crippen molar-refractivity contribution in [3.8, 4) is 0 Å². The number of esters is 16. The van der Waals surface area contributed by atoms with Gasteiger partial charge in [0.15, 0.2) is 98.6 Å². The van der Waals surface area contributed by atoms with Gasteiger partial charge in [0, 0.05) is 111 Å². The Labute approximate surface area is 616 Å². The van der Waals surface area contributed by atoms with Crippen LogP contribution in [0.15, 0.2) is 12.7 Å². The lowest BCUT2D eigenvalue weighted by atomic mass is 9.94. The minimum Gasteiger partial charge on any atom is -0.463 e. The van der Waals surface area contributed by atoms with Gasteiger partial charge in [0.05, 0.1) is 6.61 Å². The molecule has 42 nitrogen and oxygen atoms in total. The molecule has 0 amide bonds. The van der Waals surface area contributed by atoms with E-state index in [1.807, 2.05) is 0 Å². The molecule has 0 aliphatic carbocycles. The van der Waals surface area contributed by atoms with E-state index < -0.39 is 282 Å². The number of carbonyl (C=O) groups is 16. The maximum absolute atomic E-state index is 13.9. The van der Waals surface area contributed by atoms with Crippen molar-refractivity contribution in [3.63, 3.8) is 0 Å². The molecule has 0 spiro atoms. The monoisotopic (exact) mass is 1550 g/mol. The molecule has 0 bridgehead atoms. The smallest absolute Gasteiger partial charge is 0.303 e. The third kappa shape index (κ3) is 27.2. The molecule has 108 heavy (non-hydrogen) atoms. The van der Waals surface area contributed by atoms with Crippen LogP contribution in [-0.2, 0) is 200 Å². The summed E-state index contributed by atoms with van der Waals surface area (Å²) in [4.78, 5) is 210. The highest BCUT2D eigenvalue weighted by Gasteiger charge is 2.63. The van der Waals surface area contributed by atoms with E-state index in [2.05, 4.69) is 6.58 Å². The number of hydrogen-bond acceptors (Lipinski definition) is 42. The topological polar surface area (TPSA) is 513 Å². The van der Waals surface area contributed by atoms with E-state index in [9.17, 15) is 76.7 Å². The Hall–Kier alpha value is -9.14. The number of hydrogen-bond donors (Lipinski definition) is 0. The molecule has 606 valence electrons. The van der Waals surface area contributed by atoms with Crippen LogP contribution < -0.4 is 0 Å². The van der Waals surface area contributed by atoms with Crippen molar-refractivity contribution >= 4 is 95.5 Å². The first-order chi connectivity index (χ1) is 50.7. The zero-order valence-electron chi connectivity index (χ0n) is 61.8. The summed E-state index contributed by atoms with van der Waals surface area (Å²) in [5.41, 5.74) is 0. The van der Waals surface area contributed by atoms with Crippen LogP contribution in [0.4, 0.5) is 0 Å². The maximum atomic E-state index is 13.9. The van der Waals surface area contributed by atoms with Gasteiger partial charge in [-0.15, -0.1) is 6.58 Å². The van der Waals surface area contributed by atoms with Crippen LogP contribution in [0.1, 0.15) is 117 Å². The van der Waals surface area contributed by atoms with E-state index in [1.165, 1.54) is 6.08 Å². The molecule has 5 rings (SSSR count). The summed E-state index contributed by atoms with van der Waals surface area (Å²) >= 11 is 0. The molecule has 0 saturated carbocycles. The summed E-state index contributed by atoms with van der Waals surface area (Å²) in [6, 6.07) is 0. The van der Waals surface area contributed by atoms with Crippen LogP contribution in [0.3, 0.4) is 0 Å². The summed E-state index contributed by atoms with van der Waals surface area (Å²) in [6.07, 6.45) is -50.3. The Kier molecular flexibility index (Phi) is 34.8. The van der Waals surface area contributed by atoms with Crippen LogP contribution in [-0.4, -0.2) is 289 Å². The molecular weight excluding hydrogens is 1460 g/mol. The van der Waals surface area contributed by atoms with Crippen molar-refractivity contribution in [3.05, 3.63) is 12.7 Å². The molecule has 5 heterocycles. The van der Waals surface area contributed by atoms with Crippen molar-refractivity contribution in [2.24, 2.45) is 0 Å². The van der Waals surface area contributed by atoms with E-state index >= 15 is 0 Å². The number of ether oxygens (including phenoxy) is 26. The first-order valence-electron chi connectivity index (χ1n) is 33.4. The van der Waals surface area contributed by atoms with Gasteiger partial charge in [0.1, 0.15) is 88.0 Å². The van der Waals surface area contributed by atoms with E-state index in [0.29, 0.717) is 0 Å². The molecule has 0 aromatic rings. The molecule has 5 aliphatic rings. The third-order valence-electron chi connectivity index (χ3n) is 15.3. The zero-order chi connectivity index (χ0) is 80.7. The van der Waals surface area contributed by atoms with Gasteiger partial charge in [0.2, 0.25) is 0 Å². The molecule has 0 radical (unpaired) electrons. The van der Waals surface area contributed by atoms with Gasteiger partial charge in [-0.2, -0.15) is 0 Å². The third-order valence-corrected chi connectivity index (χ3v) is 15.3. The van der Waals surface area contributed by atoms with E-state index in [-0.39, 0.29) is 13.0 Å². The van der Waals surface area contributed by atoms with Gasteiger partial charge in [-0.05, 0) is 6.42 Å². The van der Waals surface area contributed by atoms with Gasteiger partial charge in [-0.1, -0.05) is 6.08 Å². The van der Waals surface area contributed by atoms with Crippen LogP contribution >= 0.6 is 0 Å². The minimum absolute atomic E-state index is 0.142. The Morgan fingerprint density at radius 3 is 0.593 bits per heavy atom.